The molecule has 0 amide bonds. The Kier molecular flexibility index (Phi) is 3.20. The third-order valence-electron chi connectivity index (χ3n) is 3.12. The topological polar surface area (TPSA) is 48.1 Å². The van der Waals surface area contributed by atoms with Crippen molar-refractivity contribution in [3.63, 3.8) is 0 Å². The van der Waals surface area contributed by atoms with Crippen LogP contribution >= 0.6 is 11.8 Å². The summed E-state index contributed by atoms with van der Waals surface area (Å²) in [5.74, 6) is 0. The average molecular weight is 284 g/mol. The van der Waals surface area contributed by atoms with E-state index < -0.39 is 0 Å². The van der Waals surface area contributed by atoms with E-state index in [0.29, 0.717) is 0 Å². The van der Waals surface area contributed by atoms with E-state index in [1.54, 1.807) is 23.9 Å². The highest BCUT2D eigenvalue weighted by Crippen LogP contribution is 2.35. The quantitative estimate of drug-likeness (QED) is 0.534. The number of aromatic nitrogens is 1. The predicted octanol–water partition coefficient (Wildman–Crippen LogP) is 4.24. The lowest BCUT2D eigenvalue weighted by Gasteiger charge is -2.00. The number of non-ortho nitro benzene ring substituents is 1. The van der Waals surface area contributed by atoms with Crippen molar-refractivity contribution in [1.29, 1.82) is 0 Å². The van der Waals surface area contributed by atoms with Gasteiger partial charge in [-0.2, -0.15) is 0 Å². The second-order valence-corrected chi connectivity index (χ2v) is 5.59. The molecule has 0 aliphatic rings. The van der Waals surface area contributed by atoms with Crippen LogP contribution in [0.1, 0.15) is 0 Å². The molecule has 0 saturated heterocycles. The Bertz CT molecular complexity index is 795. The fourth-order valence-electron chi connectivity index (χ4n) is 2.17. The van der Waals surface area contributed by atoms with E-state index in [0.717, 1.165) is 20.7 Å². The van der Waals surface area contributed by atoms with Gasteiger partial charge in [-0.25, -0.2) is 0 Å². The van der Waals surface area contributed by atoms with Crippen molar-refractivity contribution in [1.82, 2.24) is 4.57 Å². The minimum atomic E-state index is -0.368. The molecule has 3 aromatic rings. The van der Waals surface area contributed by atoms with Gasteiger partial charge in [0.25, 0.3) is 5.69 Å². The number of nitro groups is 1. The number of rotatable bonds is 3. The van der Waals surface area contributed by atoms with Crippen LogP contribution in [0.25, 0.3) is 10.9 Å². The molecule has 0 spiro atoms. The molecule has 1 heterocycles. The minimum Gasteiger partial charge on any atom is -0.349 e. The van der Waals surface area contributed by atoms with Crippen molar-refractivity contribution in [3.05, 3.63) is 64.8 Å². The lowest BCUT2D eigenvalue weighted by molar-refractivity contribution is -0.385. The molecule has 5 heteroatoms. The van der Waals surface area contributed by atoms with Gasteiger partial charge in [-0.15, -0.1) is 0 Å². The number of aryl methyl sites for hydroxylation is 1. The van der Waals surface area contributed by atoms with Gasteiger partial charge in [0.05, 0.1) is 4.92 Å². The van der Waals surface area contributed by atoms with Gasteiger partial charge in [-0.1, -0.05) is 36.0 Å². The van der Waals surface area contributed by atoms with Crippen LogP contribution in [0.15, 0.2) is 64.5 Å². The monoisotopic (exact) mass is 284 g/mol. The van der Waals surface area contributed by atoms with Crippen LogP contribution in [-0.2, 0) is 7.05 Å². The van der Waals surface area contributed by atoms with E-state index in [2.05, 4.69) is 16.7 Å². The molecule has 2 aromatic carbocycles. The number of hydrogen-bond acceptors (Lipinski definition) is 3. The summed E-state index contributed by atoms with van der Waals surface area (Å²) in [4.78, 5) is 12.4. The first-order valence-electron chi connectivity index (χ1n) is 6.11. The van der Waals surface area contributed by atoms with Crippen LogP contribution in [0, 0.1) is 10.1 Å². The Labute approximate surface area is 120 Å². The van der Waals surface area contributed by atoms with Gasteiger partial charge in [0.1, 0.15) is 0 Å². The van der Waals surface area contributed by atoms with E-state index in [4.69, 9.17) is 0 Å². The highest BCUT2D eigenvalue weighted by atomic mass is 32.2. The molecule has 0 unspecified atom stereocenters. The highest BCUT2D eigenvalue weighted by molar-refractivity contribution is 7.99. The van der Waals surface area contributed by atoms with Crippen LogP contribution in [0.3, 0.4) is 0 Å². The Morgan fingerprint density at radius 3 is 2.75 bits per heavy atom. The van der Waals surface area contributed by atoms with Gasteiger partial charge in [0.15, 0.2) is 0 Å². The van der Waals surface area contributed by atoms with Crippen molar-refractivity contribution >= 4 is 28.4 Å². The van der Waals surface area contributed by atoms with E-state index in [-0.39, 0.29) is 10.6 Å². The molecule has 3 rings (SSSR count). The molecule has 0 radical (unpaired) electrons. The molecular formula is C15H12N2O2S. The molecule has 0 atom stereocenters. The lowest BCUT2D eigenvalue weighted by Crippen LogP contribution is -1.87. The van der Waals surface area contributed by atoms with Crippen LogP contribution in [-0.4, -0.2) is 9.49 Å². The molecule has 0 fully saturated rings. The van der Waals surface area contributed by atoms with Gasteiger partial charge in [-0.3, -0.25) is 10.1 Å². The van der Waals surface area contributed by atoms with E-state index >= 15 is 0 Å². The van der Waals surface area contributed by atoms with E-state index in [1.807, 2.05) is 31.4 Å². The van der Waals surface area contributed by atoms with Gasteiger partial charge >= 0.3 is 0 Å². The first-order valence-corrected chi connectivity index (χ1v) is 6.93. The number of nitro benzene ring substituents is 1. The normalized spacial score (nSPS) is 10.8. The Hall–Kier alpha value is -2.27. The zero-order chi connectivity index (χ0) is 14.1. The van der Waals surface area contributed by atoms with Crippen molar-refractivity contribution in [2.24, 2.45) is 7.05 Å². The molecule has 0 saturated carbocycles. The average Bonchev–Trinajstić information content (AvgIpc) is 2.76. The molecular weight excluding hydrogens is 272 g/mol. The van der Waals surface area contributed by atoms with Crippen molar-refractivity contribution in [2.75, 3.05) is 0 Å². The standard InChI is InChI=1S/C15H12N2O2S/c1-16-10-15(13-7-2-3-8-14(13)16)20-12-6-4-5-11(9-12)17(18)19/h2-10H,1H3. The summed E-state index contributed by atoms with van der Waals surface area (Å²) in [6, 6.07) is 14.8. The number of fused-ring (bicyclic) bond motifs is 1. The maximum atomic E-state index is 10.8. The Morgan fingerprint density at radius 2 is 1.95 bits per heavy atom. The van der Waals surface area contributed by atoms with Crippen LogP contribution in [0.2, 0.25) is 0 Å². The Morgan fingerprint density at radius 1 is 1.15 bits per heavy atom. The molecule has 0 bridgehead atoms. The fourth-order valence-corrected chi connectivity index (χ4v) is 3.25. The summed E-state index contributed by atoms with van der Waals surface area (Å²) in [6.45, 7) is 0. The van der Waals surface area contributed by atoms with Gasteiger partial charge in [0, 0.05) is 46.1 Å². The summed E-state index contributed by atoms with van der Waals surface area (Å²) in [5.41, 5.74) is 1.27. The molecule has 0 aliphatic heterocycles. The molecule has 0 aliphatic carbocycles. The van der Waals surface area contributed by atoms with Crippen LogP contribution in [0.5, 0.6) is 0 Å². The molecule has 1 aromatic heterocycles. The van der Waals surface area contributed by atoms with E-state index in [9.17, 15) is 10.1 Å². The number of benzene rings is 2. The van der Waals surface area contributed by atoms with Crippen molar-refractivity contribution in [2.45, 2.75) is 9.79 Å². The first kappa shape index (κ1) is 12.7. The largest absolute Gasteiger partial charge is 0.349 e. The van der Waals surface area contributed by atoms with Crippen LogP contribution in [0.4, 0.5) is 5.69 Å². The summed E-state index contributed by atoms with van der Waals surface area (Å²) in [6.07, 6.45) is 2.05. The molecule has 100 valence electrons. The minimum absolute atomic E-state index is 0.121. The SMILES string of the molecule is Cn1cc(Sc2cccc([N+](=O)[O-])c2)c2ccccc21. The third kappa shape index (κ3) is 2.28. The maximum Gasteiger partial charge on any atom is 0.270 e. The predicted molar refractivity (Wildman–Crippen MR) is 80.1 cm³/mol. The van der Waals surface area contributed by atoms with Gasteiger partial charge in [-0.05, 0) is 12.1 Å². The number of para-hydroxylation sites is 1. The smallest absolute Gasteiger partial charge is 0.270 e. The van der Waals surface area contributed by atoms with Gasteiger partial charge in [0.2, 0.25) is 0 Å². The molecule has 4 nitrogen and oxygen atoms in total. The van der Waals surface area contributed by atoms with Crippen molar-refractivity contribution in [3.8, 4) is 0 Å². The summed E-state index contributed by atoms with van der Waals surface area (Å²) in [7, 11) is 2.00. The molecule has 0 N–H and O–H groups in total. The summed E-state index contributed by atoms with van der Waals surface area (Å²) < 4.78 is 2.06. The van der Waals surface area contributed by atoms with Crippen LogP contribution < -0.4 is 0 Å². The second-order valence-electron chi connectivity index (χ2n) is 4.48. The highest BCUT2D eigenvalue weighted by Gasteiger charge is 2.10. The zero-order valence-corrected chi connectivity index (χ0v) is 11.6. The maximum absolute atomic E-state index is 10.8. The third-order valence-corrected chi connectivity index (χ3v) is 4.15. The second kappa shape index (κ2) is 5.02. The summed E-state index contributed by atoms with van der Waals surface area (Å²) >= 11 is 1.54. The number of hydrogen-bond donors (Lipinski definition) is 0. The number of nitrogens with zero attached hydrogens (tertiary/aromatic N) is 2. The van der Waals surface area contributed by atoms with Gasteiger partial charge < -0.3 is 4.57 Å². The fraction of sp³-hybridized carbons (Fsp3) is 0.0667. The first-order chi connectivity index (χ1) is 9.65. The summed E-state index contributed by atoms with van der Waals surface area (Å²) in [5, 5.41) is 12.0. The van der Waals surface area contributed by atoms with E-state index in [1.165, 1.54) is 6.07 Å². The molecule has 20 heavy (non-hydrogen) atoms. The zero-order valence-electron chi connectivity index (χ0n) is 10.8. The lowest BCUT2D eigenvalue weighted by atomic mass is 10.2. The Balaban J connectivity index is 2.01. The van der Waals surface area contributed by atoms with Crippen molar-refractivity contribution < 1.29 is 4.92 Å².